The largest absolute Gasteiger partial charge is 0.458 e. The average Bonchev–Trinajstić information content (AvgIpc) is 3.72. The van der Waals surface area contributed by atoms with Gasteiger partial charge in [-0.05, 0) is 54.6 Å². The third-order valence-corrected chi connectivity index (χ3v) is 7.13. The second-order valence-corrected chi connectivity index (χ2v) is 9.94. The van der Waals surface area contributed by atoms with E-state index in [0.29, 0.717) is 29.5 Å². The molecule has 1 saturated heterocycles. The van der Waals surface area contributed by atoms with Crippen LogP contribution in [0.4, 0.5) is 4.39 Å². The molecule has 2 atom stereocenters. The highest BCUT2D eigenvalue weighted by Crippen LogP contribution is 2.29. The van der Waals surface area contributed by atoms with Gasteiger partial charge < -0.3 is 19.4 Å². The zero-order chi connectivity index (χ0) is 26.5. The number of thiophene rings is 1. The van der Waals surface area contributed by atoms with Gasteiger partial charge >= 0.3 is 0 Å². The number of rotatable bonds is 10. The fourth-order valence-corrected chi connectivity index (χ4v) is 5.13. The van der Waals surface area contributed by atoms with Crippen LogP contribution >= 0.6 is 11.3 Å². The van der Waals surface area contributed by atoms with Crippen molar-refractivity contribution in [3.8, 4) is 11.6 Å². The minimum Gasteiger partial charge on any atom is -0.458 e. The van der Waals surface area contributed by atoms with E-state index in [1.165, 1.54) is 22.3 Å². The number of carbonyl (C=O) groups excluding carboxylic acids is 2. The van der Waals surface area contributed by atoms with Gasteiger partial charge in [-0.3, -0.25) is 9.59 Å². The number of amides is 2. The summed E-state index contributed by atoms with van der Waals surface area (Å²) in [6.07, 6.45) is 1.73. The standard InChI is InChI=1S/C26H27FN6O4S/c1-17-10-11-21(37-17)25-29-31-33(30-25)16-23(34)32(15-18-6-2-3-8-20(18)27)24(22-9-5-13-38-22)26(35)28-14-19-7-4-12-36-19/h2-3,5-6,8-11,13,19,24H,4,7,12,14-16H2,1H3,(H,28,35). The molecule has 5 rings (SSSR count). The number of carbonyl (C=O) groups is 2. The van der Waals surface area contributed by atoms with Crippen LogP contribution in [0, 0.1) is 12.7 Å². The van der Waals surface area contributed by atoms with Crippen molar-refractivity contribution in [1.82, 2.24) is 30.4 Å². The van der Waals surface area contributed by atoms with Crippen LogP contribution in [-0.4, -0.2) is 56.2 Å². The highest BCUT2D eigenvalue weighted by atomic mass is 32.1. The molecule has 12 heteroatoms. The molecule has 0 saturated carbocycles. The first-order valence-corrected chi connectivity index (χ1v) is 13.2. The number of aromatic nitrogens is 4. The first-order chi connectivity index (χ1) is 18.5. The Morgan fingerprint density at radius 2 is 2.11 bits per heavy atom. The Balaban J connectivity index is 1.42. The lowest BCUT2D eigenvalue weighted by Gasteiger charge is -2.31. The maximum absolute atomic E-state index is 14.7. The monoisotopic (exact) mass is 538 g/mol. The second kappa shape index (κ2) is 11.7. The van der Waals surface area contributed by atoms with Gasteiger partial charge in [0.2, 0.25) is 17.6 Å². The smallest absolute Gasteiger partial charge is 0.248 e. The normalized spacial score (nSPS) is 15.9. The van der Waals surface area contributed by atoms with Crippen LogP contribution in [0.25, 0.3) is 11.6 Å². The van der Waals surface area contributed by atoms with E-state index >= 15 is 0 Å². The molecule has 0 spiro atoms. The van der Waals surface area contributed by atoms with Gasteiger partial charge in [-0.15, -0.1) is 21.5 Å². The van der Waals surface area contributed by atoms with E-state index in [-0.39, 0.29) is 36.5 Å². The van der Waals surface area contributed by atoms with Gasteiger partial charge in [0.25, 0.3) is 0 Å². The number of nitrogens with one attached hydrogen (secondary N) is 1. The first-order valence-electron chi connectivity index (χ1n) is 12.3. The molecule has 0 bridgehead atoms. The fourth-order valence-electron chi connectivity index (χ4n) is 4.30. The van der Waals surface area contributed by atoms with Crippen LogP contribution in [0.2, 0.25) is 0 Å². The number of halogens is 1. The molecule has 4 aromatic rings. The molecule has 4 heterocycles. The molecule has 0 radical (unpaired) electrons. The van der Waals surface area contributed by atoms with Crippen molar-refractivity contribution >= 4 is 23.2 Å². The average molecular weight is 539 g/mol. The third kappa shape index (κ3) is 5.97. The molecule has 3 aromatic heterocycles. The summed E-state index contributed by atoms with van der Waals surface area (Å²) < 4.78 is 25.9. The third-order valence-electron chi connectivity index (χ3n) is 6.21. The van der Waals surface area contributed by atoms with Crippen molar-refractivity contribution < 1.29 is 23.1 Å². The fraction of sp³-hybridized carbons (Fsp3) is 0.346. The Hall–Kier alpha value is -3.90. The summed E-state index contributed by atoms with van der Waals surface area (Å²) in [6, 6.07) is 12.3. The van der Waals surface area contributed by atoms with Gasteiger partial charge in [-0.2, -0.15) is 4.80 Å². The second-order valence-electron chi connectivity index (χ2n) is 8.96. The van der Waals surface area contributed by atoms with E-state index < -0.39 is 17.8 Å². The van der Waals surface area contributed by atoms with E-state index in [1.54, 1.807) is 43.3 Å². The quantitative estimate of drug-likeness (QED) is 0.329. The molecular weight excluding hydrogens is 511 g/mol. The van der Waals surface area contributed by atoms with Crippen molar-refractivity contribution in [1.29, 1.82) is 0 Å². The Morgan fingerprint density at radius 1 is 1.24 bits per heavy atom. The van der Waals surface area contributed by atoms with Crippen molar-refractivity contribution in [3.63, 3.8) is 0 Å². The van der Waals surface area contributed by atoms with E-state index in [2.05, 4.69) is 20.7 Å². The molecular formula is C26H27FN6O4S. The van der Waals surface area contributed by atoms with E-state index in [4.69, 9.17) is 9.15 Å². The number of benzene rings is 1. The van der Waals surface area contributed by atoms with Gasteiger partial charge in [0.1, 0.15) is 24.2 Å². The molecule has 1 aromatic carbocycles. The predicted octanol–water partition coefficient (Wildman–Crippen LogP) is 3.51. The van der Waals surface area contributed by atoms with Gasteiger partial charge in [0.15, 0.2) is 5.76 Å². The lowest BCUT2D eigenvalue weighted by molar-refractivity contribution is -0.142. The molecule has 1 aliphatic rings. The van der Waals surface area contributed by atoms with Crippen LogP contribution in [0.5, 0.6) is 0 Å². The number of nitrogens with zero attached hydrogens (tertiary/aromatic N) is 5. The Morgan fingerprint density at radius 3 is 2.82 bits per heavy atom. The van der Waals surface area contributed by atoms with Crippen molar-refractivity contribution in [2.45, 2.75) is 45.0 Å². The van der Waals surface area contributed by atoms with Gasteiger partial charge in [-0.1, -0.05) is 24.3 Å². The van der Waals surface area contributed by atoms with E-state index in [9.17, 15) is 14.0 Å². The molecule has 2 unspecified atom stereocenters. The molecule has 1 fully saturated rings. The molecule has 10 nitrogen and oxygen atoms in total. The number of tetrazole rings is 1. The van der Waals surface area contributed by atoms with Crippen LogP contribution in [0.3, 0.4) is 0 Å². The number of furan rings is 1. The SMILES string of the molecule is Cc1ccc(-c2nnn(CC(=O)N(Cc3ccccc3F)C(C(=O)NCC3CCCO3)c3cccs3)n2)o1. The zero-order valence-corrected chi connectivity index (χ0v) is 21.6. The lowest BCUT2D eigenvalue weighted by atomic mass is 10.1. The predicted molar refractivity (Wildman–Crippen MR) is 136 cm³/mol. The zero-order valence-electron chi connectivity index (χ0n) is 20.7. The number of aryl methyl sites for hydroxylation is 1. The van der Waals surface area contributed by atoms with Crippen molar-refractivity contribution in [3.05, 3.63) is 75.9 Å². The minimum absolute atomic E-state index is 0.0679. The van der Waals surface area contributed by atoms with Crippen LogP contribution in [0.15, 0.2) is 58.3 Å². The maximum atomic E-state index is 14.7. The van der Waals surface area contributed by atoms with E-state index in [0.717, 1.165) is 17.6 Å². The summed E-state index contributed by atoms with van der Waals surface area (Å²) in [4.78, 5) is 30.4. The first kappa shape index (κ1) is 25.7. The van der Waals surface area contributed by atoms with E-state index in [1.807, 2.05) is 11.4 Å². The molecule has 38 heavy (non-hydrogen) atoms. The number of ether oxygens (including phenoxy) is 1. The molecule has 2 amide bonds. The van der Waals surface area contributed by atoms with Crippen LogP contribution in [0.1, 0.15) is 35.1 Å². The summed E-state index contributed by atoms with van der Waals surface area (Å²) >= 11 is 1.35. The number of hydrogen-bond acceptors (Lipinski definition) is 8. The highest BCUT2D eigenvalue weighted by Gasteiger charge is 2.34. The summed E-state index contributed by atoms with van der Waals surface area (Å²) in [7, 11) is 0. The van der Waals surface area contributed by atoms with Crippen molar-refractivity contribution in [2.24, 2.45) is 0 Å². The lowest BCUT2D eigenvalue weighted by Crippen LogP contribution is -2.46. The highest BCUT2D eigenvalue weighted by molar-refractivity contribution is 7.10. The Bertz CT molecular complexity index is 1380. The Labute approximate surface area is 222 Å². The molecule has 1 aliphatic heterocycles. The summed E-state index contributed by atoms with van der Waals surface area (Å²) in [5.41, 5.74) is 0.285. The summed E-state index contributed by atoms with van der Waals surface area (Å²) in [5, 5.41) is 17.0. The van der Waals surface area contributed by atoms with Crippen molar-refractivity contribution in [2.75, 3.05) is 13.2 Å². The summed E-state index contributed by atoms with van der Waals surface area (Å²) in [5.74, 6) is 0.0372. The van der Waals surface area contributed by atoms with Crippen LogP contribution in [-0.2, 0) is 27.4 Å². The van der Waals surface area contributed by atoms with Gasteiger partial charge in [-0.25, -0.2) is 4.39 Å². The maximum Gasteiger partial charge on any atom is 0.248 e. The molecule has 1 N–H and O–H groups in total. The van der Waals surface area contributed by atoms with Gasteiger partial charge in [0.05, 0.1) is 6.10 Å². The molecule has 198 valence electrons. The summed E-state index contributed by atoms with van der Waals surface area (Å²) in [6.45, 7) is 2.37. The topological polar surface area (TPSA) is 115 Å². The van der Waals surface area contributed by atoms with Crippen LogP contribution < -0.4 is 5.32 Å². The molecule has 0 aliphatic carbocycles. The minimum atomic E-state index is -0.987. The Kier molecular flexibility index (Phi) is 7.89. The number of hydrogen-bond donors (Lipinski definition) is 1. The van der Waals surface area contributed by atoms with Gasteiger partial charge in [0, 0.05) is 30.1 Å².